The maximum absolute atomic E-state index is 11.5. The predicted molar refractivity (Wildman–Crippen MR) is 57.2 cm³/mol. The van der Waals surface area contributed by atoms with Crippen LogP contribution in [-0.2, 0) is 4.79 Å². The minimum atomic E-state index is -0.0971. The summed E-state index contributed by atoms with van der Waals surface area (Å²) in [5.74, 6) is -0.0971. The van der Waals surface area contributed by atoms with Crippen LogP contribution in [0.2, 0.25) is 0 Å². The number of carbonyl (C=O) groups is 1. The fourth-order valence-corrected chi connectivity index (χ4v) is 1.58. The summed E-state index contributed by atoms with van der Waals surface area (Å²) in [6.07, 6.45) is 7.72. The molecule has 0 bridgehead atoms. The van der Waals surface area contributed by atoms with Crippen LogP contribution in [-0.4, -0.2) is 34.1 Å². The average molecular weight is 221 g/mol. The fourth-order valence-electron chi connectivity index (χ4n) is 1.17. The second-order valence-electron chi connectivity index (χ2n) is 2.95. The standard InChI is InChI=1S/C9H9N4OS/c14-8(11-9-12-10-7-15-9)6-13-4-2-1-3-5-13/h1-4H,5-6H2,(H,11,12,14). The summed E-state index contributed by atoms with van der Waals surface area (Å²) < 4.78 is 0. The molecule has 0 aromatic carbocycles. The predicted octanol–water partition coefficient (Wildman–Crippen LogP) is 0.662. The molecule has 77 valence electrons. The lowest BCUT2D eigenvalue weighted by molar-refractivity contribution is -0.116. The van der Waals surface area contributed by atoms with Gasteiger partial charge in [-0.2, -0.15) is 0 Å². The van der Waals surface area contributed by atoms with E-state index in [9.17, 15) is 4.79 Å². The molecule has 0 unspecified atom stereocenters. The van der Waals surface area contributed by atoms with Gasteiger partial charge in [-0.1, -0.05) is 23.5 Å². The van der Waals surface area contributed by atoms with E-state index in [-0.39, 0.29) is 5.91 Å². The lowest BCUT2D eigenvalue weighted by Crippen LogP contribution is -2.30. The van der Waals surface area contributed by atoms with E-state index in [1.165, 1.54) is 11.3 Å². The minimum absolute atomic E-state index is 0.0971. The summed E-state index contributed by atoms with van der Waals surface area (Å²) in [4.78, 5) is 13.4. The molecule has 5 nitrogen and oxygen atoms in total. The molecule has 15 heavy (non-hydrogen) atoms. The maximum Gasteiger partial charge on any atom is 0.245 e. The van der Waals surface area contributed by atoms with Crippen molar-refractivity contribution in [2.75, 3.05) is 18.4 Å². The molecule has 1 aliphatic rings. The minimum Gasteiger partial charge on any atom is -0.364 e. The van der Waals surface area contributed by atoms with Gasteiger partial charge in [0.15, 0.2) is 5.51 Å². The number of nitrogens with one attached hydrogen (secondary N) is 1. The number of aromatic nitrogens is 2. The van der Waals surface area contributed by atoms with Gasteiger partial charge >= 0.3 is 0 Å². The van der Waals surface area contributed by atoms with Gasteiger partial charge < -0.3 is 4.90 Å². The number of nitrogens with zero attached hydrogens (tertiary/aromatic N) is 3. The highest BCUT2D eigenvalue weighted by Gasteiger charge is 2.08. The average Bonchev–Trinajstić information content (AvgIpc) is 2.71. The van der Waals surface area contributed by atoms with Crippen molar-refractivity contribution in [1.82, 2.24) is 15.1 Å². The molecule has 0 saturated carbocycles. The Morgan fingerprint density at radius 1 is 1.67 bits per heavy atom. The Labute approximate surface area is 91.1 Å². The molecule has 1 amide bonds. The van der Waals surface area contributed by atoms with E-state index in [0.29, 0.717) is 11.7 Å². The van der Waals surface area contributed by atoms with Crippen LogP contribution in [0.15, 0.2) is 24.4 Å². The van der Waals surface area contributed by atoms with Crippen molar-refractivity contribution in [3.8, 4) is 0 Å². The number of amides is 1. The number of carbonyl (C=O) groups excluding carboxylic acids is 1. The molecule has 0 saturated heterocycles. The number of anilines is 1. The monoisotopic (exact) mass is 221 g/mol. The van der Waals surface area contributed by atoms with Crippen LogP contribution < -0.4 is 5.32 Å². The number of hydrogen-bond donors (Lipinski definition) is 1. The highest BCUT2D eigenvalue weighted by Crippen LogP contribution is 2.07. The summed E-state index contributed by atoms with van der Waals surface area (Å²) >= 11 is 1.18. The molecule has 2 heterocycles. The number of allylic oxidation sites excluding steroid dienone is 2. The summed E-state index contributed by atoms with van der Waals surface area (Å²) in [6, 6.07) is 0. The first kappa shape index (κ1) is 9.85. The Bertz CT molecular complexity index is 385. The zero-order valence-electron chi connectivity index (χ0n) is 7.88. The van der Waals surface area contributed by atoms with E-state index in [1.54, 1.807) is 0 Å². The molecular formula is C9H9N4OS. The molecule has 2 rings (SSSR count). The first-order chi connectivity index (χ1) is 7.34. The van der Waals surface area contributed by atoms with Crippen molar-refractivity contribution in [2.24, 2.45) is 0 Å². The molecule has 1 N–H and O–H groups in total. The third kappa shape index (κ3) is 2.88. The third-order valence-electron chi connectivity index (χ3n) is 1.80. The normalized spacial score (nSPS) is 14.3. The largest absolute Gasteiger partial charge is 0.364 e. The van der Waals surface area contributed by atoms with Crippen LogP contribution in [0.4, 0.5) is 5.13 Å². The van der Waals surface area contributed by atoms with Gasteiger partial charge in [0, 0.05) is 6.54 Å². The first-order valence-electron chi connectivity index (χ1n) is 4.41. The Hall–Kier alpha value is -1.69. The van der Waals surface area contributed by atoms with Crippen LogP contribution in [0, 0.1) is 5.51 Å². The second-order valence-corrected chi connectivity index (χ2v) is 3.72. The van der Waals surface area contributed by atoms with Gasteiger partial charge in [-0.15, -0.1) is 10.2 Å². The molecule has 1 aromatic heterocycles. The Balaban J connectivity index is 1.82. The SMILES string of the molecule is O=C(CN1C=CC=CC1)Nc1nn[c]s1. The van der Waals surface area contributed by atoms with E-state index in [4.69, 9.17) is 0 Å². The van der Waals surface area contributed by atoms with Crippen molar-refractivity contribution >= 4 is 22.4 Å². The van der Waals surface area contributed by atoms with E-state index in [2.05, 4.69) is 21.0 Å². The van der Waals surface area contributed by atoms with Crippen molar-refractivity contribution in [3.05, 3.63) is 29.9 Å². The summed E-state index contributed by atoms with van der Waals surface area (Å²) in [5, 5.41) is 10.3. The first-order valence-corrected chi connectivity index (χ1v) is 5.23. The van der Waals surface area contributed by atoms with Crippen molar-refractivity contribution in [2.45, 2.75) is 0 Å². The topological polar surface area (TPSA) is 58.1 Å². The van der Waals surface area contributed by atoms with Gasteiger partial charge in [-0.3, -0.25) is 10.1 Å². The van der Waals surface area contributed by atoms with Crippen molar-refractivity contribution in [3.63, 3.8) is 0 Å². The van der Waals surface area contributed by atoms with Crippen LogP contribution >= 0.6 is 11.3 Å². The van der Waals surface area contributed by atoms with Gasteiger partial charge in [0.1, 0.15) is 0 Å². The van der Waals surface area contributed by atoms with Crippen LogP contribution in [0.1, 0.15) is 0 Å². The van der Waals surface area contributed by atoms with E-state index >= 15 is 0 Å². The lowest BCUT2D eigenvalue weighted by Gasteiger charge is -2.18. The molecule has 0 fully saturated rings. The number of hydrogen-bond acceptors (Lipinski definition) is 5. The maximum atomic E-state index is 11.5. The summed E-state index contributed by atoms with van der Waals surface area (Å²) in [7, 11) is 0. The molecule has 0 atom stereocenters. The van der Waals surface area contributed by atoms with Gasteiger partial charge in [-0.25, -0.2) is 0 Å². The van der Waals surface area contributed by atoms with Crippen LogP contribution in [0.25, 0.3) is 0 Å². The molecule has 1 radical (unpaired) electrons. The van der Waals surface area contributed by atoms with Crippen LogP contribution in [0.5, 0.6) is 0 Å². The number of rotatable bonds is 3. The zero-order valence-corrected chi connectivity index (χ0v) is 8.70. The quantitative estimate of drug-likeness (QED) is 0.814. The molecule has 0 spiro atoms. The lowest BCUT2D eigenvalue weighted by atomic mass is 10.3. The Kier molecular flexibility index (Phi) is 3.08. The summed E-state index contributed by atoms with van der Waals surface area (Å²) in [6.45, 7) is 1.08. The smallest absolute Gasteiger partial charge is 0.245 e. The highest BCUT2D eigenvalue weighted by molar-refractivity contribution is 7.13. The molecule has 0 aliphatic carbocycles. The van der Waals surface area contributed by atoms with Gasteiger partial charge in [0.05, 0.1) is 6.54 Å². The molecule has 6 heteroatoms. The zero-order chi connectivity index (χ0) is 10.5. The van der Waals surface area contributed by atoms with E-state index < -0.39 is 0 Å². The van der Waals surface area contributed by atoms with E-state index in [0.717, 1.165) is 6.54 Å². The summed E-state index contributed by atoms with van der Waals surface area (Å²) in [5.41, 5.74) is 2.57. The third-order valence-corrected chi connectivity index (χ3v) is 2.35. The van der Waals surface area contributed by atoms with Gasteiger partial charge in [0.2, 0.25) is 11.0 Å². The van der Waals surface area contributed by atoms with Crippen molar-refractivity contribution in [1.29, 1.82) is 0 Å². The molecule has 1 aromatic rings. The Morgan fingerprint density at radius 2 is 2.60 bits per heavy atom. The molecule has 1 aliphatic heterocycles. The highest BCUT2D eigenvalue weighted by atomic mass is 32.1. The van der Waals surface area contributed by atoms with E-state index in [1.807, 2.05) is 29.3 Å². The van der Waals surface area contributed by atoms with Gasteiger partial charge in [0.25, 0.3) is 0 Å². The van der Waals surface area contributed by atoms with Crippen LogP contribution in [0.3, 0.4) is 0 Å². The van der Waals surface area contributed by atoms with Gasteiger partial charge in [-0.05, 0) is 12.3 Å². The Morgan fingerprint density at radius 3 is 3.27 bits per heavy atom. The fraction of sp³-hybridized carbons (Fsp3) is 0.222. The molecular weight excluding hydrogens is 212 g/mol. The second kappa shape index (κ2) is 4.70. The van der Waals surface area contributed by atoms with Crippen molar-refractivity contribution < 1.29 is 4.79 Å².